The van der Waals surface area contributed by atoms with Gasteiger partial charge in [0.1, 0.15) is 0 Å². The normalized spacial score (nSPS) is 10.1. The maximum atomic E-state index is 11.3. The molecule has 4 nitrogen and oxygen atoms in total. The number of rotatable bonds is 2. The molecule has 0 fully saturated rings. The van der Waals surface area contributed by atoms with Gasteiger partial charge in [-0.15, -0.1) is 0 Å². The van der Waals surface area contributed by atoms with Crippen molar-refractivity contribution in [1.29, 1.82) is 5.26 Å². The Kier molecular flexibility index (Phi) is 3.49. The zero-order valence-corrected chi connectivity index (χ0v) is 10.8. The van der Waals surface area contributed by atoms with E-state index in [4.69, 9.17) is 5.26 Å². The van der Waals surface area contributed by atoms with E-state index in [1.54, 1.807) is 13.0 Å². The van der Waals surface area contributed by atoms with Crippen LogP contribution in [0.5, 0.6) is 0 Å². The van der Waals surface area contributed by atoms with Gasteiger partial charge in [0, 0.05) is 16.7 Å². The van der Waals surface area contributed by atoms with Gasteiger partial charge in [0.05, 0.1) is 11.6 Å². The number of H-pyrrole nitrogens is 1. The number of nitriles is 1. The number of nitrogens with zero attached hydrogens (tertiary/aromatic N) is 2. The van der Waals surface area contributed by atoms with Gasteiger partial charge in [-0.3, -0.25) is 4.79 Å². The molecule has 90 valence electrons. The molecule has 0 saturated carbocycles. The Balaban J connectivity index is 2.32. The minimum absolute atomic E-state index is 0.157. The van der Waals surface area contributed by atoms with E-state index in [9.17, 15) is 4.79 Å². The summed E-state index contributed by atoms with van der Waals surface area (Å²) in [4.78, 5) is 19.2. The Bertz CT molecular complexity index is 685. The summed E-state index contributed by atoms with van der Waals surface area (Å²) in [5.74, 6) is 0. The summed E-state index contributed by atoms with van der Waals surface area (Å²) in [6, 6.07) is 9.10. The van der Waals surface area contributed by atoms with Gasteiger partial charge in [0.25, 0.3) is 5.56 Å². The molecule has 18 heavy (non-hydrogen) atoms. The summed E-state index contributed by atoms with van der Waals surface area (Å²) in [7, 11) is 0. The smallest absolute Gasteiger partial charge is 0.251 e. The van der Waals surface area contributed by atoms with Crippen LogP contribution in [0.2, 0.25) is 0 Å². The van der Waals surface area contributed by atoms with Gasteiger partial charge >= 0.3 is 0 Å². The molecule has 0 aliphatic carbocycles. The van der Waals surface area contributed by atoms with Crippen LogP contribution in [0.3, 0.4) is 0 Å². The number of aromatic nitrogens is 2. The van der Waals surface area contributed by atoms with Crippen molar-refractivity contribution in [2.45, 2.75) is 23.9 Å². The third-order valence-corrected chi connectivity index (χ3v) is 3.26. The fourth-order valence-corrected chi connectivity index (χ4v) is 2.47. The van der Waals surface area contributed by atoms with Crippen LogP contribution in [0.25, 0.3) is 0 Å². The second-order valence-electron chi connectivity index (χ2n) is 3.88. The highest BCUT2D eigenvalue weighted by Gasteiger charge is 2.04. The van der Waals surface area contributed by atoms with Crippen LogP contribution in [0.4, 0.5) is 0 Å². The third kappa shape index (κ3) is 2.79. The molecule has 1 aromatic carbocycles. The van der Waals surface area contributed by atoms with E-state index >= 15 is 0 Å². The Hall–Kier alpha value is -2.06. The van der Waals surface area contributed by atoms with Crippen LogP contribution in [-0.4, -0.2) is 9.97 Å². The lowest BCUT2D eigenvalue weighted by atomic mass is 10.1. The molecule has 2 rings (SSSR count). The van der Waals surface area contributed by atoms with Crippen LogP contribution >= 0.6 is 11.8 Å². The van der Waals surface area contributed by atoms with Crippen molar-refractivity contribution in [3.05, 3.63) is 51.4 Å². The van der Waals surface area contributed by atoms with E-state index < -0.39 is 0 Å². The second kappa shape index (κ2) is 5.07. The van der Waals surface area contributed by atoms with Gasteiger partial charge in [-0.25, -0.2) is 4.98 Å². The first-order chi connectivity index (χ1) is 8.58. The molecule has 0 aliphatic heterocycles. The summed E-state index contributed by atoms with van der Waals surface area (Å²) >= 11 is 1.37. The van der Waals surface area contributed by atoms with Gasteiger partial charge in [-0.05, 0) is 37.6 Å². The van der Waals surface area contributed by atoms with E-state index in [1.807, 2.05) is 19.1 Å². The van der Waals surface area contributed by atoms with Crippen molar-refractivity contribution in [3.8, 4) is 6.07 Å². The minimum atomic E-state index is -0.157. The number of hydrogen-bond donors (Lipinski definition) is 1. The van der Waals surface area contributed by atoms with Gasteiger partial charge < -0.3 is 4.98 Å². The third-order valence-electron chi connectivity index (χ3n) is 2.38. The number of nitrogens with one attached hydrogen (secondary N) is 1. The Morgan fingerprint density at radius 2 is 2.11 bits per heavy atom. The molecule has 1 heterocycles. The maximum absolute atomic E-state index is 11.3. The molecule has 5 heteroatoms. The molecule has 0 aliphatic rings. The minimum Gasteiger partial charge on any atom is -0.301 e. The van der Waals surface area contributed by atoms with Gasteiger partial charge in [-0.2, -0.15) is 5.26 Å². The molecule has 0 unspecified atom stereocenters. The first-order valence-corrected chi connectivity index (χ1v) is 6.17. The average molecular weight is 257 g/mol. The lowest BCUT2D eigenvalue weighted by Crippen LogP contribution is -2.07. The van der Waals surface area contributed by atoms with Crippen molar-refractivity contribution in [2.75, 3.05) is 0 Å². The predicted octanol–water partition coefficient (Wildman–Crippen LogP) is 2.41. The molecule has 0 spiro atoms. The van der Waals surface area contributed by atoms with Gasteiger partial charge in [0.15, 0.2) is 5.16 Å². The maximum Gasteiger partial charge on any atom is 0.251 e. The zero-order chi connectivity index (χ0) is 13.1. The Morgan fingerprint density at radius 1 is 1.33 bits per heavy atom. The summed E-state index contributed by atoms with van der Waals surface area (Å²) in [5.41, 5.74) is 2.10. The van der Waals surface area contributed by atoms with Crippen molar-refractivity contribution >= 4 is 11.8 Å². The monoisotopic (exact) mass is 257 g/mol. The quantitative estimate of drug-likeness (QED) is 0.839. The lowest BCUT2D eigenvalue weighted by Gasteiger charge is -2.03. The second-order valence-corrected chi connectivity index (χ2v) is 4.94. The van der Waals surface area contributed by atoms with Crippen molar-refractivity contribution < 1.29 is 0 Å². The highest BCUT2D eigenvalue weighted by atomic mass is 32.2. The molecule has 0 amide bonds. The topological polar surface area (TPSA) is 69.5 Å². The number of aromatic amines is 1. The molecular formula is C13H11N3OS. The highest BCUT2D eigenvalue weighted by molar-refractivity contribution is 7.99. The summed E-state index contributed by atoms with van der Waals surface area (Å²) in [5, 5.41) is 9.41. The molecule has 0 atom stereocenters. The fourth-order valence-electron chi connectivity index (χ4n) is 1.54. The fraction of sp³-hybridized carbons (Fsp3) is 0.154. The number of aryl methyl sites for hydroxylation is 2. The van der Waals surface area contributed by atoms with Gasteiger partial charge in [0.2, 0.25) is 0 Å². The van der Waals surface area contributed by atoms with E-state index in [0.29, 0.717) is 16.4 Å². The summed E-state index contributed by atoms with van der Waals surface area (Å²) in [6.45, 7) is 3.67. The lowest BCUT2D eigenvalue weighted by molar-refractivity contribution is 0.905. The van der Waals surface area contributed by atoms with E-state index in [2.05, 4.69) is 16.0 Å². The zero-order valence-electron chi connectivity index (χ0n) is 10.0. The molecule has 1 N–H and O–H groups in total. The molecule has 2 aromatic rings. The van der Waals surface area contributed by atoms with Gasteiger partial charge in [-0.1, -0.05) is 11.8 Å². The Morgan fingerprint density at radius 3 is 2.72 bits per heavy atom. The standard InChI is InChI=1S/C13H11N3OS/c1-8-5-11(4-3-10(8)7-14)18-13-15-9(2)6-12(17)16-13/h3-6H,1-2H3,(H,15,16,17). The van der Waals surface area contributed by atoms with Crippen LogP contribution in [0.1, 0.15) is 16.8 Å². The predicted molar refractivity (Wildman–Crippen MR) is 69.6 cm³/mol. The van der Waals surface area contributed by atoms with Crippen molar-refractivity contribution in [3.63, 3.8) is 0 Å². The van der Waals surface area contributed by atoms with Crippen LogP contribution < -0.4 is 5.56 Å². The average Bonchev–Trinajstić information content (AvgIpc) is 2.27. The largest absolute Gasteiger partial charge is 0.301 e. The van der Waals surface area contributed by atoms with E-state index in [1.165, 1.54) is 17.8 Å². The van der Waals surface area contributed by atoms with Crippen LogP contribution in [0.15, 0.2) is 39.1 Å². The first-order valence-electron chi connectivity index (χ1n) is 5.35. The molecular weight excluding hydrogens is 246 g/mol. The summed E-state index contributed by atoms with van der Waals surface area (Å²) < 4.78 is 0. The van der Waals surface area contributed by atoms with Crippen molar-refractivity contribution in [1.82, 2.24) is 9.97 Å². The molecule has 0 radical (unpaired) electrons. The number of benzene rings is 1. The molecule has 0 bridgehead atoms. The first kappa shape index (κ1) is 12.4. The summed E-state index contributed by atoms with van der Waals surface area (Å²) in [6.07, 6.45) is 0. The molecule has 0 saturated heterocycles. The van der Waals surface area contributed by atoms with Crippen LogP contribution in [0, 0.1) is 25.2 Å². The van der Waals surface area contributed by atoms with Crippen molar-refractivity contribution in [2.24, 2.45) is 0 Å². The molecule has 1 aromatic heterocycles. The highest BCUT2D eigenvalue weighted by Crippen LogP contribution is 2.25. The van der Waals surface area contributed by atoms with Crippen LogP contribution in [-0.2, 0) is 0 Å². The number of hydrogen-bond acceptors (Lipinski definition) is 4. The van der Waals surface area contributed by atoms with E-state index in [-0.39, 0.29) is 5.56 Å². The SMILES string of the molecule is Cc1cc(=O)[nH]c(Sc2ccc(C#N)c(C)c2)n1. The van der Waals surface area contributed by atoms with E-state index in [0.717, 1.165) is 10.5 Å². The Labute approximate surface area is 109 Å².